The summed E-state index contributed by atoms with van der Waals surface area (Å²) >= 11 is 0. The number of alkyl halides is 3. The molecule has 33 heavy (non-hydrogen) atoms. The highest BCUT2D eigenvalue weighted by Gasteiger charge is 2.39. The van der Waals surface area contributed by atoms with Crippen LogP contribution in [0.2, 0.25) is 0 Å². The normalized spacial score (nSPS) is 15.9. The average molecular weight is 476 g/mol. The second-order valence-electron chi connectivity index (χ2n) is 8.51. The van der Waals surface area contributed by atoms with Gasteiger partial charge >= 0.3 is 6.18 Å². The van der Waals surface area contributed by atoms with E-state index in [2.05, 4.69) is 17.0 Å². The number of fused-ring (bicyclic) bond motifs is 2. The van der Waals surface area contributed by atoms with Gasteiger partial charge in [0.2, 0.25) is 0 Å². The van der Waals surface area contributed by atoms with Gasteiger partial charge in [0.25, 0.3) is 5.56 Å². The van der Waals surface area contributed by atoms with Crippen molar-refractivity contribution in [2.75, 3.05) is 5.75 Å². The van der Waals surface area contributed by atoms with Crippen LogP contribution in [0.3, 0.4) is 0 Å². The Hall–Kier alpha value is -3.21. The second-order valence-corrected chi connectivity index (χ2v) is 10.7. The molecule has 5 rings (SSSR count). The number of hydrogen-bond donors (Lipinski definition) is 0. The lowest BCUT2D eigenvalue weighted by molar-refractivity contribution is -0.137. The lowest BCUT2D eigenvalue weighted by Crippen LogP contribution is -2.24. The summed E-state index contributed by atoms with van der Waals surface area (Å²) in [5.41, 5.74) is -0.544. The van der Waals surface area contributed by atoms with E-state index >= 15 is 0 Å². The lowest BCUT2D eigenvalue weighted by atomic mass is 10.00. The lowest BCUT2D eigenvalue weighted by Gasteiger charge is -2.10. The van der Waals surface area contributed by atoms with E-state index in [1.165, 1.54) is 17.5 Å². The zero-order valence-electron chi connectivity index (χ0n) is 17.7. The number of imidazole rings is 1. The molecule has 0 bridgehead atoms. The van der Waals surface area contributed by atoms with Gasteiger partial charge in [0.15, 0.2) is 20.7 Å². The number of pyridine rings is 1. The molecule has 0 N–H and O–H groups in total. The van der Waals surface area contributed by atoms with Gasteiger partial charge in [0, 0.05) is 11.6 Å². The fourth-order valence-corrected chi connectivity index (χ4v) is 5.03. The topological polar surface area (TPSA) is 86.3 Å². The van der Waals surface area contributed by atoms with Gasteiger partial charge in [0.05, 0.1) is 22.9 Å². The molecule has 0 spiro atoms. The van der Waals surface area contributed by atoms with Gasteiger partial charge in [-0.2, -0.15) is 23.0 Å². The van der Waals surface area contributed by atoms with Gasteiger partial charge in [0.1, 0.15) is 5.65 Å². The van der Waals surface area contributed by atoms with Crippen LogP contribution in [0.5, 0.6) is 0 Å². The van der Waals surface area contributed by atoms with Crippen LogP contribution in [0, 0.1) is 0 Å². The van der Waals surface area contributed by atoms with Crippen molar-refractivity contribution in [3.63, 3.8) is 0 Å². The SMILES string of the molecule is CCS(=O)(=O)c1c(-n2ncc3ccc(C(F)(F)F)cc3c2=O)nc2cc(C3(C)CC3)ccn12. The molecular weight excluding hydrogens is 457 g/mol. The first-order chi connectivity index (χ1) is 15.4. The Balaban J connectivity index is 1.81. The molecule has 1 aliphatic carbocycles. The number of nitrogens with zero attached hydrogens (tertiary/aromatic N) is 4. The molecule has 0 unspecified atom stereocenters. The van der Waals surface area contributed by atoms with Crippen molar-refractivity contribution in [2.24, 2.45) is 0 Å². The third-order valence-electron chi connectivity index (χ3n) is 6.25. The predicted molar refractivity (Wildman–Crippen MR) is 115 cm³/mol. The molecule has 7 nitrogen and oxygen atoms in total. The van der Waals surface area contributed by atoms with Gasteiger partial charge in [-0.25, -0.2) is 13.4 Å². The Morgan fingerprint density at radius 3 is 2.52 bits per heavy atom. The highest BCUT2D eigenvalue weighted by atomic mass is 32.2. The molecular formula is C22H19F3N4O3S. The Morgan fingerprint density at radius 2 is 1.88 bits per heavy atom. The molecule has 0 aliphatic heterocycles. The highest BCUT2D eigenvalue weighted by Crippen LogP contribution is 2.47. The number of halogens is 3. The minimum absolute atomic E-state index is 0.00366. The number of hydrogen-bond acceptors (Lipinski definition) is 5. The van der Waals surface area contributed by atoms with Crippen LogP contribution in [0.25, 0.3) is 22.2 Å². The maximum absolute atomic E-state index is 13.2. The summed E-state index contributed by atoms with van der Waals surface area (Å²) in [6.45, 7) is 3.56. The van der Waals surface area contributed by atoms with E-state index in [0.717, 1.165) is 41.3 Å². The third kappa shape index (κ3) is 3.41. The molecule has 3 heterocycles. The van der Waals surface area contributed by atoms with E-state index in [-0.39, 0.29) is 32.8 Å². The maximum Gasteiger partial charge on any atom is 0.416 e. The molecule has 1 aliphatic rings. The van der Waals surface area contributed by atoms with E-state index in [0.29, 0.717) is 5.65 Å². The first kappa shape index (κ1) is 21.6. The second kappa shape index (κ2) is 6.89. The minimum Gasteiger partial charge on any atom is -0.289 e. The first-order valence-electron chi connectivity index (χ1n) is 10.3. The zero-order chi connectivity index (χ0) is 23.8. The largest absolute Gasteiger partial charge is 0.416 e. The molecule has 1 saturated carbocycles. The van der Waals surface area contributed by atoms with Crippen LogP contribution in [0.4, 0.5) is 13.2 Å². The molecule has 1 fully saturated rings. The highest BCUT2D eigenvalue weighted by molar-refractivity contribution is 7.91. The quantitative estimate of drug-likeness (QED) is 0.446. The summed E-state index contributed by atoms with van der Waals surface area (Å²) in [7, 11) is -3.87. The average Bonchev–Trinajstić information content (AvgIpc) is 3.40. The molecule has 11 heteroatoms. The van der Waals surface area contributed by atoms with E-state index in [1.54, 1.807) is 12.3 Å². The number of rotatable bonds is 4. The van der Waals surface area contributed by atoms with Gasteiger partial charge in [-0.1, -0.05) is 19.9 Å². The Labute approximate surface area is 186 Å². The van der Waals surface area contributed by atoms with E-state index in [1.807, 2.05) is 6.07 Å². The Kier molecular flexibility index (Phi) is 4.52. The molecule has 3 aromatic heterocycles. The number of aromatic nitrogens is 4. The van der Waals surface area contributed by atoms with Crippen molar-refractivity contribution in [3.05, 3.63) is 64.2 Å². The van der Waals surface area contributed by atoms with Crippen molar-refractivity contribution in [2.45, 2.75) is 43.3 Å². The summed E-state index contributed by atoms with van der Waals surface area (Å²) in [5, 5.41) is 3.78. The van der Waals surface area contributed by atoms with E-state index in [4.69, 9.17) is 0 Å². The van der Waals surface area contributed by atoms with Crippen LogP contribution < -0.4 is 5.56 Å². The van der Waals surface area contributed by atoms with Crippen molar-refractivity contribution < 1.29 is 21.6 Å². The van der Waals surface area contributed by atoms with Crippen molar-refractivity contribution >= 4 is 26.3 Å². The van der Waals surface area contributed by atoms with Gasteiger partial charge in [-0.3, -0.25) is 9.20 Å². The van der Waals surface area contributed by atoms with Gasteiger partial charge < -0.3 is 0 Å². The van der Waals surface area contributed by atoms with E-state index < -0.39 is 27.1 Å². The summed E-state index contributed by atoms with van der Waals surface area (Å²) in [4.78, 5) is 17.6. The van der Waals surface area contributed by atoms with Crippen LogP contribution in [-0.4, -0.2) is 33.3 Å². The summed E-state index contributed by atoms with van der Waals surface area (Å²) in [6.07, 6.45) is 0.193. The van der Waals surface area contributed by atoms with Crippen LogP contribution in [-0.2, 0) is 21.4 Å². The smallest absolute Gasteiger partial charge is 0.289 e. The van der Waals surface area contributed by atoms with E-state index in [9.17, 15) is 26.4 Å². The van der Waals surface area contributed by atoms with Crippen molar-refractivity contribution in [1.29, 1.82) is 0 Å². The first-order valence-corrected chi connectivity index (χ1v) is 11.9. The van der Waals surface area contributed by atoms with Crippen molar-refractivity contribution in [3.8, 4) is 5.82 Å². The monoisotopic (exact) mass is 476 g/mol. The van der Waals surface area contributed by atoms with Crippen LogP contribution in [0.15, 0.2) is 52.5 Å². The standard InChI is InChI=1S/C22H19F3N4O3S/c1-3-33(31,32)20-18(27-17-11-14(6-9-28(17)20)21(2)7-8-21)29-19(30)16-10-15(22(23,24)25)5-4-13(16)12-26-29/h4-6,9-12H,3,7-8H2,1-2H3. The summed E-state index contributed by atoms with van der Waals surface area (Å²) in [5.74, 6) is -0.493. The van der Waals surface area contributed by atoms with Gasteiger partial charge in [-0.15, -0.1) is 0 Å². The van der Waals surface area contributed by atoms with Gasteiger partial charge in [-0.05, 0) is 48.1 Å². The Bertz CT molecular complexity index is 1600. The number of sulfone groups is 1. The molecule has 1 aromatic carbocycles. The molecule has 0 saturated heterocycles. The fourth-order valence-electron chi connectivity index (χ4n) is 3.89. The fraction of sp³-hybridized carbons (Fsp3) is 0.318. The van der Waals surface area contributed by atoms with Crippen molar-refractivity contribution in [1.82, 2.24) is 19.2 Å². The molecule has 0 atom stereocenters. The molecule has 0 radical (unpaired) electrons. The summed E-state index contributed by atoms with van der Waals surface area (Å²) < 4.78 is 67.7. The Morgan fingerprint density at radius 1 is 1.15 bits per heavy atom. The molecule has 4 aromatic rings. The zero-order valence-corrected chi connectivity index (χ0v) is 18.5. The molecule has 172 valence electrons. The number of benzene rings is 1. The molecule has 0 amide bonds. The maximum atomic E-state index is 13.2. The van der Waals surface area contributed by atoms with Crippen LogP contribution >= 0.6 is 0 Å². The summed E-state index contributed by atoms with van der Waals surface area (Å²) in [6, 6.07) is 6.37. The predicted octanol–water partition coefficient (Wildman–Crippen LogP) is 3.90. The van der Waals surface area contributed by atoms with Crippen LogP contribution in [0.1, 0.15) is 37.8 Å². The third-order valence-corrected chi connectivity index (χ3v) is 7.98. The minimum atomic E-state index is -4.64.